The van der Waals surface area contributed by atoms with Crippen LogP contribution < -0.4 is 16.4 Å². The Balaban J connectivity index is 1.84. The molecule has 0 aliphatic rings. The van der Waals surface area contributed by atoms with E-state index in [4.69, 9.17) is 23.1 Å². The number of carbonyl (C=O) groups is 2. The molecule has 0 atom stereocenters. The molecule has 34 heavy (non-hydrogen) atoms. The molecule has 0 unspecified atom stereocenters. The summed E-state index contributed by atoms with van der Waals surface area (Å²) in [7, 11) is 3.64. The van der Waals surface area contributed by atoms with Crippen LogP contribution in [0.4, 0.5) is 5.82 Å². The summed E-state index contributed by atoms with van der Waals surface area (Å²) in [5, 5.41) is 2.13. The second-order valence-electron chi connectivity index (χ2n) is 8.21. The van der Waals surface area contributed by atoms with Crippen molar-refractivity contribution in [2.45, 2.75) is 12.8 Å². The first-order chi connectivity index (χ1) is 16.2. The smallest absolute Gasteiger partial charge is 0.248 e. The highest BCUT2D eigenvalue weighted by molar-refractivity contribution is 6.30. The fraction of sp³-hybridized carbons (Fsp3) is 0.154. The molecular formula is C26H24ClN5O2. The van der Waals surface area contributed by atoms with E-state index in [0.29, 0.717) is 29.2 Å². The van der Waals surface area contributed by atoms with Crippen LogP contribution in [0, 0.1) is 0 Å². The molecule has 4 N–H and O–H groups in total. The molecule has 0 aliphatic heterocycles. The van der Waals surface area contributed by atoms with Crippen LogP contribution in [0.25, 0.3) is 21.9 Å². The normalized spacial score (nSPS) is 10.9. The van der Waals surface area contributed by atoms with E-state index in [1.165, 1.54) is 0 Å². The predicted molar refractivity (Wildman–Crippen MR) is 135 cm³/mol. The molecule has 1 aromatic heterocycles. The molecule has 2 amide bonds. The molecule has 7 nitrogen and oxygen atoms in total. The van der Waals surface area contributed by atoms with Crippen LogP contribution >= 0.6 is 11.6 Å². The maximum Gasteiger partial charge on any atom is 0.248 e. The molecule has 0 radical (unpaired) electrons. The molecule has 172 valence electrons. The molecule has 0 aliphatic carbocycles. The highest BCUT2D eigenvalue weighted by Crippen LogP contribution is 2.34. The van der Waals surface area contributed by atoms with Crippen LogP contribution in [0.15, 0.2) is 60.7 Å². The monoisotopic (exact) mass is 473 g/mol. The van der Waals surface area contributed by atoms with Gasteiger partial charge in [0.25, 0.3) is 0 Å². The molecular weight excluding hydrogens is 450 g/mol. The first-order valence-corrected chi connectivity index (χ1v) is 11.0. The molecule has 8 heteroatoms. The van der Waals surface area contributed by atoms with E-state index in [1.807, 2.05) is 68.7 Å². The van der Waals surface area contributed by atoms with Gasteiger partial charge in [-0.1, -0.05) is 60.1 Å². The second-order valence-corrected chi connectivity index (χ2v) is 8.57. The SMILES string of the molecule is CN(C)c1nc(Cc2ccccc2-c2cc(C(N)=O)cc3ccccc23)nc(Cl)c1CC(N)=O. The Morgan fingerprint density at radius 2 is 1.65 bits per heavy atom. The summed E-state index contributed by atoms with van der Waals surface area (Å²) >= 11 is 6.44. The maximum absolute atomic E-state index is 12.0. The molecule has 0 spiro atoms. The van der Waals surface area contributed by atoms with Crippen molar-refractivity contribution in [3.8, 4) is 11.1 Å². The number of amides is 2. The van der Waals surface area contributed by atoms with Crippen molar-refractivity contribution in [2.75, 3.05) is 19.0 Å². The van der Waals surface area contributed by atoms with E-state index in [-0.39, 0.29) is 11.6 Å². The third kappa shape index (κ3) is 4.70. The van der Waals surface area contributed by atoms with Crippen molar-refractivity contribution in [3.05, 3.63) is 88.3 Å². The Morgan fingerprint density at radius 1 is 0.941 bits per heavy atom. The first-order valence-electron chi connectivity index (χ1n) is 10.7. The van der Waals surface area contributed by atoms with E-state index in [1.54, 1.807) is 11.0 Å². The van der Waals surface area contributed by atoms with Crippen molar-refractivity contribution in [1.82, 2.24) is 9.97 Å². The van der Waals surface area contributed by atoms with E-state index in [0.717, 1.165) is 27.5 Å². The number of nitrogens with two attached hydrogens (primary N) is 2. The summed E-state index contributed by atoms with van der Waals surface area (Å²) < 4.78 is 0. The molecule has 0 fully saturated rings. The molecule has 4 aromatic rings. The third-order valence-corrected chi connectivity index (χ3v) is 5.87. The first kappa shape index (κ1) is 23.2. The maximum atomic E-state index is 12.0. The van der Waals surface area contributed by atoms with Gasteiger partial charge in [-0.05, 0) is 39.6 Å². The van der Waals surface area contributed by atoms with Gasteiger partial charge in [0.15, 0.2) is 0 Å². The number of hydrogen-bond donors (Lipinski definition) is 2. The summed E-state index contributed by atoms with van der Waals surface area (Å²) in [5.41, 5.74) is 14.7. The van der Waals surface area contributed by atoms with Crippen molar-refractivity contribution >= 4 is 40.0 Å². The summed E-state index contributed by atoms with van der Waals surface area (Å²) in [6.45, 7) is 0. The molecule has 0 bridgehead atoms. The predicted octanol–water partition coefficient (Wildman–Crippen LogP) is 3.73. The van der Waals surface area contributed by atoms with Crippen LogP contribution in [-0.2, 0) is 17.6 Å². The van der Waals surface area contributed by atoms with E-state index in [9.17, 15) is 9.59 Å². The zero-order chi connectivity index (χ0) is 24.4. The summed E-state index contributed by atoms with van der Waals surface area (Å²) in [6, 6.07) is 19.3. The van der Waals surface area contributed by atoms with Gasteiger partial charge in [0.2, 0.25) is 11.8 Å². The highest BCUT2D eigenvalue weighted by Gasteiger charge is 2.18. The lowest BCUT2D eigenvalue weighted by molar-refractivity contribution is -0.117. The number of halogens is 1. The third-order valence-electron chi connectivity index (χ3n) is 5.56. The summed E-state index contributed by atoms with van der Waals surface area (Å²) in [4.78, 5) is 34.4. The number of anilines is 1. The standard InChI is InChI=1S/C26H24ClN5O2/c1-32(2)26-21(14-22(28)33)24(27)30-23(31-26)13-16-8-4-6-10-19(16)20-12-17(25(29)34)11-15-7-3-5-9-18(15)20/h3-12H,13-14H2,1-2H3,(H2,28,33)(H2,29,34). The van der Waals surface area contributed by atoms with Crippen LogP contribution in [0.1, 0.15) is 27.3 Å². The number of fused-ring (bicyclic) bond motifs is 1. The number of benzene rings is 3. The number of primary amides is 2. The van der Waals surface area contributed by atoms with Crippen molar-refractivity contribution < 1.29 is 9.59 Å². The van der Waals surface area contributed by atoms with Gasteiger partial charge in [-0.2, -0.15) is 0 Å². The van der Waals surface area contributed by atoms with E-state index < -0.39 is 11.8 Å². The molecule has 0 saturated carbocycles. The topological polar surface area (TPSA) is 115 Å². The van der Waals surface area contributed by atoms with Gasteiger partial charge < -0.3 is 16.4 Å². The van der Waals surface area contributed by atoms with Crippen LogP contribution in [0.3, 0.4) is 0 Å². The minimum atomic E-state index is -0.507. The van der Waals surface area contributed by atoms with Crippen molar-refractivity contribution in [3.63, 3.8) is 0 Å². The molecule has 1 heterocycles. The quantitative estimate of drug-likeness (QED) is 0.397. The number of nitrogens with zero attached hydrogens (tertiary/aromatic N) is 3. The Hall–Kier alpha value is -3.97. The fourth-order valence-corrected chi connectivity index (χ4v) is 4.30. The number of hydrogen-bond acceptors (Lipinski definition) is 5. The molecule has 4 rings (SSSR count). The molecule has 0 saturated heterocycles. The van der Waals surface area contributed by atoms with Crippen LogP contribution in [0.5, 0.6) is 0 Å². The van der Waals surface area contributed by atoms with Gasteiger partial charge in [0.05, 0.1) is 6.42 Å². The summed E-state index contributed by atoms with van der Waals surface area (Å²) in [5.74, 6) is 0.0605. The van der Waals surface area contributed by atoms with E-state index in [2.05, 4.69) is 9.97 Å². The minimum absolute atomic E-state index is 0.0465. The van der Waals surface area contributed by atoms with Crippen molar-refractivity contribution in [1.29, 1.82) is 0 Å². The lowest BCUT2D eigenvalue weighted by Crippen LogP contribution is -2.21. The Kier molecular flexibility index (Phi) is 6.47. The fourth-order valence-electron chi connectivity index (χ4n) is 4.05. The van der Waals surface area contributed by atoms with Gasteiger partial charge in [-0.25, -0.2) is 9.97 Å². The average molecular weight is 474 g/mol. The number of rotatable bonds is 7. The number of aromatic nitrogens is 2. The zero-order valence-corrected chi connectivity index (χ0v) is 19.6. The number of carbonyl (C=O) groups excluding carboxylic acids is 2. The van der Waals surface area contributed by atoms with Gasteiger partial charge in [-0.3, -0.25) is 9.59 Å². The molecule has 3 aromatic carbocycles. The minimum Gasteiger partial charge on any atom is -0.369 e. The highest BCUT2D eigenvalue weighted by atomic mass is 35.5. The van der Waals surface area contributed by atoms with Crippen LogP contribution in [0.2, 0.25) is 5.15 Å². The Morgan fingerprint density at radius 3 is 2.35 bits per heavy atom. The van der Waals surface area contributed by atoms with E-state index >= 15 is 0 Å². The lowest BCUT2D eigenvalue weighted by atomic mass is 9.91. The largest absolute Gasteiger partial charge is 0.369 e. The van der Waals surface area contributed by atoms with Gasteiger partial charge in [0, 0.05) is 31.6 Å². The zero-order valence-electron chi connectivity index (χ0n) is 18.9. The van der Waals surface area contributed by atoms with Crippen LogP contribution in [-0.4, -0.2) is 35.9 Å². The average Bonchev–Trinajstić information content (AvgIpc) is 2.80. The van der Waals surface area contributed by atoms with Crippen molar-refractivity contribution in [2.24, 2.45) is 11.5 Å². The van der Waals surface area contributed by atoms with Gasteiger partial charge in [-0.15, -0.1) is 0 Å². The Bertz CT molecular complexity index is 1420. The van der Waals surface area contributed by atoms with Gasteiger partial charge >= 0.3 is 0 Å². The lowest BCUT2D eigenvalue weighted by Gasteiger charge is -2.18. The second kappa shape index (κ2) is 9.49. The Labute approximate surface area is 202 Å². The summed E-state index contributed by atoms with van der Waals surface area (Å²) in [6.07, 6.45) is 0.345. The van der Waals surface area contributed by atoms with Gasteiger partial charge in [0.1, 0.15) is 16.8 Å².